The molecule has 7 nitrogen and oxygen atoms in total. The Hall–Kier alpha value is -2.12. The van der Waals surface area contributed by atoms with Gasteiger partial charge in [0.2, 0.25) is 0 Å². The molecule has 2 aliphatic heterocycles. The van der Waals surface area contributed by atoms with Crippen molar-refractivity contribution in [2.75, 3.05) is 27.4 Å². The predicted octanol–water partition coefficient (Wildman–Crippen LogP) is 1.99. The van der Waals surface area contributed by atoms with Crippen molar-refractivity contribution in [1.82, 2.24) is 0 Å². The van der Waals surface area contributed by atoms with Gasteiger partial charge in [0.25, 0.3) is 0 Å². The lowest BCUT2D eigenvalue weighted by atomic mass is 9.71. The third-order valence-electron chi connectivity index (χ3n) is 4.52. The maximum Gasteiger partial charge on any atom is 0.339 e. The first-order valence-corrected chi connectivity index (χ1v) is 8.09. The Labute approximate surface area is 146 Å². The van der Waals surface area contributed by atoms with Gasteiger partial charge in [-0.3, -0.25) is 0 Å². The zero-order chi connectivity index (χ0) is 18.2. The Kier molecular flexibility index (Phi) is 4.47. The Morgan fingerprint density at radius 1 is 1.08 bits per heavy atom. The van der Waals surface area contributed by atoms with Gasteiger partial charge in [0.05, 0.1) is 50.4 Å². The van der Waals surface area contributed by atoms with Gasteiger partial charge >= 0.3 is 11.9 Å². The summed E-state index contributed by atoms with van der Waals surface area (Å²) < 4.78 is 27.4. The summed E-state index contributed by atoms with van der Waals surface area (Å²) >= 11 is 0. The van der Waals surface area contributed by atoms with Gasteiger partial charge in [-0.2, -0.15) is 0 Å². The lowest BCUT2D eigenvalue weighted by molar-refractivity contribution is -0.160. The number of fused-ring (bicyclic) bond motifs is 1. The molecular weight excluding hydrogens is 328 g/mol. The highest BCUT2D eigenvalue weighted by molar-refractivity contribution is 6.06. The Morgan fingerprint density at radius 2 is 1.72 bits per heavy atom. The molecule has 0 radical (unpaired) electrons. The molecule has 0 amide bonds. The van der Waals surface area contributed by atoms with Crippen LogP contribution in [-0.4, -0.2) is 45.2 Å². The van der Waals surface area contributed by atoms with E-state index in [4.69, 9.17) is 23.7 Å². The van der Waals surface area contributed by atoms with Gasteiger partial charge in [-0.25, -0.2) is 9.59 Å². The van der Waals surface area contributed by atoms with E-state index in [-0.39, 0.29) is 16.6 Å². The van der Waals surface area contributed by atoms with Crippen LogP contribution >= 0.6 is 0 Å². The Morgan fingerprint density at radius 3 is 2.32 bits per heavy atom. The first kappa shape index (κ1) is 17.7. The molecule has 2 heterocycles. The lowest BCUT2D eigenvalue weighted by Crippen LogP contribution is -2.44. The monoisotopic (exact) mass is 350 g/mol. The topological polar surface area (TPSA) is 80.3 Å². The zero-order valence-corrected chi connectivity index (χ0v) is 14.8. The molecule has 1 spiro atoms. The molecule has 0 aromatic rings. The summed E-state index contributed by atoms with van der Waals surface area (Å²) in [6, 6.07) is 0. The molecule has 0 bridgehead atoms. The number of rotatable bonds is 2. The SMILES string of the molecule is COC(=O)C1=C(C(=O)OC)C2=C(CC(C)(C)CC23OCCO3)OC=C1. The molecule has 25 heavy (non-hydrogen) atoms. The minimum absolute atomic E-state index is 0.0533. The van der Waals surface area contributed by atoms with Crippen molar-refractivity contribution >= 4 is 11.9 Å². The van der Waals surface area contributed by atoms with E-state index in [2.05, 4.69) is 13.8 Å². The van der Waals surface area contributed by atoms with E-state index in [0.29, 0.717) is 37.4 Å². The minimum atomic E-state index is -1.15. The fourth-order valence-corrected chi connectivity index (χ4v) is 3.64. The van der Waals surface area contributed by atoms with Crippen LogP contribution in [0, 0.1) is 5.41 Å². The number of hydrogen-bond donors (Lipinski definition) is 0. The third-order valence-corrected chi connectivity index (χ3v) is 4.52. The van der Waals surface area contributed by atoms with E-state index < -0.39 is 17.7 Å². The second kappa shape index (κ2) is 6.31. The van der Waals surface area contributed by atoms with Gasteiger partial charge < -0.3 is 23.7 Å². The molecule has 0 atom stereocenters. The number of hydrogen-bond acceptors (Lipinski definition) is 7. The van der Waals surface area contributed by atoms with Gasteiger partial charge in [-0.05, 0) is 11.5 Å². The van der Waals surface area contributed by atoms with E-state index >= 15 is 0 Å². The number of allylic oxidation sites excluding steroid dienone is 1. The molecule has 3 rings (SSSR count). The summed E-state index contributed by atoms with van der Waals surface area (Å²) in [6.07, 6.45) is 3.88. The van der Waals surface area contributed by atoms with E-state index in [1.165, 1.54) is 26.6 Å². The first-order chi connectivity index (χ1) is 11.8. The predicted molar refractivity (Wildman–Crippen MR) is 86.0 cm³/mol. The largest absolute Gasteiger partial charge is 0.469 e. The summed E-state index contributed by atoms with van der Waals surface area (Å²) in [7, 11) is 2.51. The van der Waals surface area contributed by atoms with E-state index in [9.17, 15) is 9.59 Å². The number of ether oxygens (including phenoxy) is 5. The molecule has 0 aromatic carbocycles. The van der Waals surface area contributed by atoms with Gasteiger partial charge in [0.1, 0.15) is 5.76 Å². The van der Waals surface area contributed by atoms with Crippen LogP contribution in [0.1, 0.15) is 26.7 Å². The smallest absolute Gasteiger partial charge is 0.339 e. The molecule has 1 aliphatic carbocycles. The van der Waals surface area contributed by atoms with E-state index in [1.807, 2.05) is 0 Å². The minimum Gasteiger partial charge on any atom is -0.469 e. The van der Waals surface area contributed by atoms with Crippen molar-refractivity contribution in [3.63, 3.8) is 0 Å². The van der Waals surface area contributed by atoms with Crippen LogP contribution in [0.2, 0.25) is 0 Å². The van der Waals surface area contributed by atoms with Crippen LogP contribution in [0.15, 0.2) is 34.8 Å². The average Bonchev–Trinajstić information content (AvgIpc) is 2.92. The molecule has 0 saturated carbocycles. The van der Waals surface area contributed by atoms with Crippen molar-refractivity contribution in [2.45, 2.75) is 32.5 Å². The Balaban J connectivity index is 2.28. The number of carbonyl (C=O) groups excluding carboxylic acids is 2. The van der Waals surface area contributed by atoms with Crippen molar-refractivity contribution in [2.24, 2.45) is 5.41 Å². The fraction of sp³-hybridized carbons (Fsp3) is 0.556. The summed E-state index contributed by atoms with van der Waals surface area (Å²) in [6.45, 7) is 4.93. The summed E-state index contributed by atoms with van der Waals surface area (Å²) in [5.41, 5.74) is 0.364. The number of methoxy groups -OCH3 is 2. The van der Waals surface area contributed by atoms with Gasteiger partial charge in [0.15, 0.2) is 5.79 Å². The molecule has 0 unspecified atom stereocenters. The van der Waals surface area contributed by atoms with Crippen molar-refractivity contribution in [1.29, 1.82) is 0 Å². The molecule has 0 N–H and O–H groups in total. The standard InChI is InChI=1S/C18H22O7/c1-17(2)9-12-14(18(10-17)24-7-8-25-18)13(16(20)22-4)11(5-6-23-12)15(19)21-3/h5-6H,7-10H2,1-4H3. The number of esters is 2. The van der Waals surface area contributed by atoms with Gasteiger partial charge in [0, 0.05) is 12.8 Å². The normalized spacial score (nSPS) is 23.8. The van der Waals surface area contributed by atoms with E-state index in [0.717, 1.165) is 0 Å². The van der Waals surface area contributed by atoms with Crippen LogP contribution < -0.4 is 0 Å². The summed E-state index contributed by atoms with van der Waals surface area (Å²) in [4.78, 5) is 24.8. The average molecular weight is 350 g/mol. The third kappa shape index (κ3) is 2.98. The molecule has 3 aliphatic rings. The highest BCUT2D eigenvalue weighted by atomic mass is 16.7. The summed E-state index contributed by atoms with van der Waals surface area (Å²) in [5, 5.41) is 0. The van der Waals surface area contributed by atoms with Crippen LogP contribution in [0.25, 0.3) is 0 Å². The quantitative estimate of drug-likeness (QED) is 0.705. The first-order valence-electron chi connectivity index (χ1n) is 8.09. The van der Waals surface area contributed by atoms with Crippen LogP contribution in [0.4, 0.5) is 0 Å². The Bertz CT molecular complexity index is 690. The van der Waals surface area contributed by atoms with E-state index in [1.54, 1.807) is 0 Å². The van der Waals surface area contributed by atoms with Crippen molar-refractivity contribution < 1.29 is 33.3 Å². The van der Waals surface area contributed by atoms with Crippen LogP contribution in [-0.2, 0) is 33.3 Å². The van der Waals surface area contributed by atoms with Crippen LogP contribution in [0.3, 0.4) is 0 Å². The van der Waals surface area contributed by atoms with Gasteiger partial charge in [-0.1, -0.05) is 13.8 Å². The zero-order valence-electron chi connectivity index (χ0n) is 14.8. The fourth-order valence-electron chi connectivity index (χ4n) is 3.64. The van der Waals surface area contributed by atoms with Crippen LogP contribution in [0.5, 0.6) is 0 Å². The van der Waals surface area contributed by atoms with Crippen molar-refractivity contribution in [3.05, 3.63) is 34.8 Å². The maximum atomic E-state index is 12.6. The number of carbonyl (C=O) groups is 2. The lowest BCUT2D eigenvalue weighted by Gasteiger charge is -2.43. The second-order valence-electron chi connectivity index (χ2n) is 6.96. The highest BCUT2D eigenvalue weighted by Gasteiger charge is 2.54. The second-order valence-corrected chi connectivity index (χ2v) is 6.96. The molecule has 136 valence electrons. The molecular formula is C18H22O7. The summed E-state index contributed by atoms with van der Waals surface area (Å²) in [5.74, 6) is -1.94. The highest BCUT2D eigenvalue weighted by Crippen LogP contribution is 2.52. The molecule has 1 fully saturated rings. The maximum absolute atomic E-state index is 12.6. The molecule has 1 saturated heterocycles. The van der Waals surface area contributed by atoms with Crippen molar-refractivity contribution in [3.8, 4) is 0 Å². The van der Waals surface area contributed by atoms with Gasteiger partial charge in [-0.15, -0.1) is 0 Å². The molecule has 0 aromatic heterocycles. The molecule has 7 heteroatoms.